The van der Waals surface area contributed by atoms with E-state index in [0.717, 1.165) is 5.56 Å². The molecule has 0 unspecified atom stereocenters. The van der Waals surface area contributed by atoms with E-state index in [1.807, 2.05) is 12.1 Å². The van der Waals surface area contributed by atoms with Crippen LogP contribution in [0.3, 0.4) is 0 Å². The zero-order chi connectivity index (χ0) is 20.0. The van der Waals surface area contributed by atoms with Crippen molar-refractivity contribution in [3.8, 4) is 11.5 Å². The molecule has 0 saturated heterocycles. The van der Waals surface area contributed by atoms with E-state index in [-0.39, 0.29) is 17.0 Å². The number of carbonyl (C=O) groups excluding carboxylic acids is 1. The highest BCUT2D eigenvalue weighted by Gasteiger charge is 2.24. The lowest BCUT2D eigenvalue weighted by atomic mass is 10.2. The molecule has 1 N–H and O–H groups in total. The van der Waals surface area contributed by atoms with Gasteiger partial charge >= 0.3 is 0 Å². The maximum Gasteiger partial charge on any atom is 0.255 e. The summed E-state index contributed by atoms with van der Waals surface area (Å²) in [6.07, 6.45) is 0. The molecule has 8 heteroatoms. The Morgan fingerprint density at radius 3 is 2.37 bits per heavy atom. The number of rotatable bonds is 8. The largest absolute Gasteiger partial charge is 0.496 e. The average Bonchev–Trinajstić information content (AvgIpc) is 2.67. The van der Waals surface area contributed by atoms with Gasteiger partial charge in [0.1, 0.15) is 11.5 Å². The van der Waals surface area contributed by atoms with Crippen molar-refractivity contribution in [1.82, 2.24) is 9.62 Å². The summed E-state index contributed by atoms with van der Waals surface area (Å²) < 4.78 is 37.6. The molecule has 0 fully saturated rings. The van der Waals surface area contributed by atoms with Crippen LogP contribution in [-0.2, 0) is 16.6 Å². The van der Waals surface area contributed by atoms with Gasteiger partial charge in [0, 0.05) is 25.7 Å². The van der Waals surface area contributed by atoms with Crippen molar-refractivity contribution < 1.29 is 22.7 Å². The zero-order valence-corrected chi connectivity index (χ0v) is 16.7. The number of nitrogens with zero attached hydrogens (tertiary/aromatic N) is 1. The monoisotopic (exact) mass is 392 g/mol. The number of nitrogens with one attached hydrogen (secondary N) is 1. The number of methoxy groups -OCH3 is 2. The third-order valence-corrected chi connectivity index (χ3v) is 5.85. The molecule has 0 aliphatic heterocycles. The Morgan fingerprint density at radius 1 is 1.07 bits per heavy atom. The molecule has 2 aromatic carbocycles. The minimum absolute atomic E-state index is 0.0157. The second kappa shape index (κ2) is 8.88. The summed E-state index contributed by atoms with van der Waals surface area (Å²) in [4.78, 5) is 12.2. The summed E-state index contributed by atoms with van der Waals surface area (Å²) in [6.45, 7) is 2.34. The van der Waals surface area contributed by atoms with Crippen LogP contribution >= 0.6 is 0 Å². The predicted molar refractivity (Wildman–Crippen MR) is 103 cm³/mol. The fourth-order valence-electron chi connectivity index (χ4n) is 2.62. The summed E-state index contributed by atoms with van der Waals surface area (Å²) in [7, 11) is 0.636. The second-order valence-electron chi connectivity index (χ2n) is 5.79. The van der Waals surface area contributed by atoms with Crippen LogP contribution in [0.5, 0.6) is 11.5 Å². The van der Waals surface area contributed by atoms with Gasteiger partial charge in [-0.3, -0.25) is 4.79 Å². The summed E-state index contributed by atoms with van der Waals surface area (Å²) in [6, 6.07) is 11.5. The van der Waals surface area contributed by atoms with Crippen molar-refractivity contribution in [3.05, 3.63) is 53.6 Å². The molecule has 0 aliphatic carbocycles. The fourth-order valence-corrected chi connectivity index (χ4v) is 3.79. The van der Waals surface area contributed by atoms with E-state index >= 15 is 0 Å². The van der Waals surface area contributed by atoms with E-state index in [9.17, 15) is 13.2 Å². The standard InChI is InChI=1S/C19H24N2O5S/c1-5-20-19(22)16-12-15(10-11-18(16)26-4)27(23,24)21(2)13-14-8-6-7-9-17(14)25-3/h6-12H,5,13H2,1-4H3,(H,20,22). The Morgan fingerprint density at radius 2 is 1.74 bits per heavy atom. The van der Waals surface area contributed by atoms with E-state index in [1.54, 1.807) is 19.1 Å². The van der Waals surface area contributed by atoms with Gasteiger partial charge < -0.3 is 14.8 Å². The van der Waals surface area contributed by atoms with E-state index in [1.165, 1.54) is 43.8 Å². The number of carbonyl (C=O) groups is 1. The maximum absolute atomic E-state index is 13.0. The first-order valence-corrected chi connectivity index (χ1v) is 9.83. The number of sulfonamides is 1. The Kier molecular flexibility index (Phi) is 6.81. The number of hydrogen-bond donors (Lipinski definition) is 1. The summed E-state index contributed by atoms with van der Waals surface area (Å²) >= 11 is 0. The Balaban J connectivity index is 2.37. The molecule has 27 heavy (non-hydrogen) atoms. The molecular formula is C19H24N2O5S. The van der Waals surface area contributed by atoms with Crippen LogP contribution in [0.1, 0.15) is 22.8 Å². The van der Waals surface area contributed by atoms with Crippen molar-refractivity contribution >= 4 is 15.9 Å². The fraction of sp³-hybridized carbons (Fsp3) is 0.316. The molecule has 0 radical (unpaired) electrons. The van der Waals surface area contributed by atoms with Gasteiger partial charge in [-0.2, -0.15) is 4.31 Å². The highest BCUT2D eigenvalue weighted by atomic mass is 32.2. The van der Waals surface area contributed by atoms with Gasteiger partial charge in [-0.25, -0.2) is 8.42 Å². The van der Waals surface area contributed by atoms with Crippen molar-refractivity contribution in [3.63, 3.8) is 0 Å². The van der Waals surface area contributed by atoms with Gasteiger partial charge in [0.25, 0.3) is 5.91 Å². The molecule has 0 bridgehead atoms. The molecule has 0 saturated carbocycles. The van der Waals surface area contributed by atoms with E-state index in [0.29, 0.717) is 18.0 Å². The molecule has 1 amide bonds. The lowest BCUT2D eigenvalue weighted by molar-refractivity contribution is 0.0952. The average molecular weight is 392 g/mol. The SMILES string of the molecule is CCNC(=O)c1cc(S(=O)(=O)N(C)Cc2ccccc2OC)ccc1OC. The van der Waals surface area contributed by atoms with Crippen LogP contribution in [0.25, 0.3) is 0 Å². The Labute approximate surface area is 160 Å². The van der Waals surface area contributed by atoms with Crippen molar-refractivity contribution in [2.45, 2.75) is 18.4 Å². The molecule has 146 valence electrons. The zero-order valence-electron chi connectivity index (χ0n) is 15.9. The van der Waals surface area contributed by atoms with Crippen molar-refractivity contribution in [1.29, 1.82) is 0 Å². The first-order valence-electron chi connectivity index (χ1n) is 8.39. The molecule has 2 rings (SSSR count). The lowest BCUT2D eigenvalue weighted by Gasteiger charge is -2.19. The third-order valence-electron chi connectivity index (χ3n) is 4.05. The van der Waals surface area contributed by atoms with E-state index in [4.69, 9.17) is 9.47 Å². The van der Waals surface area contributed by atoms with Gasteiger partial charge in [0.05, 0.1) is 24.7 Å². The second-order valence-corrected chi connectivity index (χ2v) is 7.84. The predicted octanol–water partition coefficient (Wildman–Crippen LogP) is 2.27. The molecule has 7 nitrogen and oxygen atoms in total. The smallest absolute Gasteiger partial charge is 0.255 e. The quantitative estimate of drug-likeness (QED) is 0.745. The molecule has 0 atom stereocenters. The molecule has 0 spiro atoms. The number of para-hydroxylation sites is 1. The number of amides is 1. The molecule has 0 heterocycles. The number of hydrogen-bond acceptors (Lipinski definition) is 5. The van der Waals surface area contributed by atoms with Gasteiger partial charge in [0.15, 0.2) is 0 Å². The lowest BCUT2D eigenvalue weighted by Crippen LogP contribution is -2.28. The third kappa shape index (κ3) is 4.58. The molecule has 2 aromatic rings. The van der Waals surface area contributed by atoms with Gasteiger partial charge in [-0.05, 0) is 31.2 Å². The van der Waals surface area contributed by atoms with E-state index in [2.05, 4.69) is 5.32 Å². The summed E-state index contributed by atoms with van der Waals surface area (Å²) in [5.74, 6) is 0.531. The molecular weight excluding hydrogens is 368 g/mol. The summed E-state index contributed by atoms with van der Waals surface area (Å²) in [5.41, 5.74) is 0.912. The molecule has 0 aliphatic rings. The van der Waals surface area contributed by atoms with Crippen LogP contribution in [0.4, 0.5) is 0 Å². The topological polar surface area (TPSA) is 84.9 Å². The van der Waals surface area contributed by atoms with Crippen LogP contribution in [0.15, 0.2) is 47.4 Å². The van der Waals surface area contributed by atoms with Crippen LogP contribution in [0.2, 0.25) is 0 Å². The van der Waals surface area contributed by atoms with Crippen LogP contribution in [-0.4, -0.2) is 46.4 Å². The van der Waals surface area contributed by atoms with Crippen molar-refractivity contribution in [2.24, 2.45) is 0 Å². The number of ether oxygens (including phenoxy) is 2. The Hall–Kier alpha value is -2.58. The van der Waals surface area contributed by atoms with Gasteiger partial charge in [-0.15, -0.1) is 0 Å². The Bertz CT molecular complexity index is 912. The minimum Gasteiger partial charge on any atom is -0.496 e. The highest BCUT2D eigenvalue weighted by Crippen LogP contribution is 2.26. The number of benzene rings is 2. The van der Waals surface area contributed by atoms with Crippen molar-refractivity contribution in [2.75, 3.05) is 27.8 Å². The molecule has 0 aromatic heterocycles. The van der Waals surface area contributed by atoms with Crippen LogP contribution in [0, 0.1) is 0 Å². The first kappa shape index (κ1) is 20.7. The minimum atomic E-state index is -3.82. The normalized spacial score (nSPS) is 11.3. The first-order chi connectivity index (χ1) is 12.8. The maximum atomic E-state index is 13.0. The van der Waals surface area contributed by atoms with Crippen LogP contribution < -0.4 is 14.8 Å². The van der Waals surface area contributed by atoms with Gasteiger partial charge in [0.2, 0.25) is 10.0 Å². The van der Waals surface area contributed by atoms with E-state index < -0.39 is 15.9 Å². The highest BCUT2D eigenvalue weighted by molar-refractivity contribution is 7.89. The summed E-state index contributed by atoms with van der Waals surface area (Å²) in [5, 5.41) is 2.66. The van der Waals surface area contributed by atoms with Gasteiger partial charge in [-0.1, -0.05) is 18.2 Å².